The van der Waals surface area contributed by atoms with Crippen LogP contribution in [0.1, 0.15) is 16.7 Å². The van der Waals surface area contributed by atoms with E-state index in [-0.39, 0.29) is 33.2 Å². The van der Waals surface area contributed by atoms with E-state index in [0.29, 0.717) is 3.57 Å². The maximum Gasteiger partial charge on any atom is 0.263 e. The van der Waals surface area contributed by atoms with Crippen molar-refractivity contribution in [3.05, 3.63) is 91.3 Å². The molecular formula is C20H14ClF3INO2S. The van der Waals surface area contributed by atoms with Gasteiger partial charge in [-0.05, 0) is 77.0 Å². The molecule has 0 unspecified atom stereocenters. The predicted octanol–water partition coefficient (Wildman–Crippen LogP) is 6.06. The van der Waals surface area contributed by atoms with Crippen molar-refractivity contribution >= 4 is 49.9 Å². The molecule has 3 aromatic carbocycles. The van der Waals surface area contributed by atoms with Crippen LogP contribution in [0.5, 0.6) is 0 Å². The van der Waals surface area contributed by atoms with Gasteiger partial charge < -0.3 is 0 Å². The van der Waals surface area contributed by atoms with Gasteiger partial charge in [-0.15, -0.1) is 0 Å². The second kappa shape index (κ2) is 8.53. The zero-order valence-corrected chi connectivity index (χ0v) is 18.7. The number of rotatable bonds is 5. The van der Waals surface area contributed by atoms with E-state index in [2.05, 4.69) is 4.72 Å². The van der Waals surface area contributed by atoms with Gasteiger partial charge in [-0.1, -0.05) is 23.7 Å². The smallest absolute Gasteiger partial charge is 0.263 e. The topological polar surface area (TPSA) is 46.2 Å². The van der Waals surface area contributed by atoms with E-state index >= 15 is 0 Å². The van der Waals surface area contributed by atoms with Crippen molar-refractivity contribution in [2.45, 2.75) is 18.2 Å². The lowest BCUT2D eigenvalue weighted by Gasteiger charge is -2.15. The van der Waals surface area contributed by atoms with Crippen molar-refractivity contribution < 1.29 is 21.6 Å². The summed E-state index contributed by atoms with van der Waals surface area (Å²) in [6, 6.07) is 10.6. The number of halogens is 5. The lowest BCUT2D eigenvalue weighted by atomic mass is 10.0. The Morgan fingerprint density at radius 2 is 1.72 bits per heavy atom. The maximum atomic E-state index is 14.5. The van der Waals surface area contributed by atoms with Crippen LogP contribution in [-0.4, -0.2) is 8.42 Å². The molecule has 152 valence electrons. The molecule has 9 heteroatoms. The number of nitrogens with one attached hydrogen (secondary N) is 1. The number of anilines is 1. The number of hydrogen-bond donors (Lipinski definition) is 1. The van der Waals surface area contributed by atoms with E-state index < -0.39 is 27.5 Å². The zero-order chi connectivity index (χ0) is 21.3. The highest BCUT2D eigenvalue weighted by Gasteiger charge is 2.23. The van der Waals surface area contributed by atoms with Crippen LogP contribution in [0.3, 0.4) is 0 Å². The third kappa shape index (κ3) is 4.87. The van der Waals surface area contributed by atoms with Gasteiger partial charge in [0.25, 0.3) is 10.0 Å². The van der Waals surface area contributed by atoms with Gasteiger partial charge in [0.2, 0.25) is 0 Å². The Hall–Kier alpha value is -1.78. The number of aryl methyl sites for hydroxylation is 1. The Kier molecular flexibility index (Phi) is 6.45. The van der Waals surface area contributed by atoms with Crippen LogP contribution in [0.2, 0.25) is 5.02 Å². The van der Waals surface area contributed by atoms with Crippen LogP contribution < -0.4 is 4.72 Å². The van der Waals surface area contributed by atoms with Crippen molar-refractivity contribution in [2.75, 3.05) is 4.72 Å². The van der Waals surface area contributed by atoms with Gasteiger partial charge in [-0.25, -0.2) is 21.6 Å². The summed E-state index contributed by atoms with van der Waals surface area (Å²) in [6.45, 7) is 1.75. The molecule has 0 saturated heterocycles. The molecule has 0 heterocycles. The normalized spacial score (nSPS) is 11.5. The fraction of sp³-hybridized carbons (Fsp3) is 0.100. The largest absolute Gasteiger partial charge is 0.279 e. The maximum absolute atomic E-state index is 14.5. The summed E-state index contributed by atoms with van der Waals surface area (Å²) in [7, 11) is -4.19. The van der Waals surface area contributed by atoms with E-state index in [4.69, 9.17) is 11.6 Å². The first-order chi connectivity index (χ1) is 13.6. The molecule has 0 aromatic heterocycles. The second-order valence-corrected chi connectivity index (χ2v) is 9.64. The summed E-state index contributed by atoms with van der Waals surface area (Å²) < 4.78 is 70.9. The van der Waals surface area contributed by atoms with E-state index in [9.17, 15) is 21.6 Å². The zero-order valence-electron chi connectivity index (χ0n) is 14.9. The van der Waals surface area contributed by atoms with Crippen LogP contribution in [0.25, 0.3) is 0 Å². The predicted molar refractivity (Wildman–Crippen MR) is 115 cm³/mol. The summed E-state index contributed by atoms with van der Waals surface area (Å²) >= 11 is 7.96. The molecular weight excluding hydrogens is 538 g/mol. The van der Waals surface area contributed by atoms with Gasteiger partial charge in [0, 0.05) is 15.6 Å². The first-order valence-corrected chi connectivity index (χ1v) is 11.2. The molecule has 3 aromatic rings. The molecule has 0 aliphatic rings. The quantitative estimate of drug-likeness (QED) is 0.392. The fourth-order valence-electron chi connectivity index (χ4n) is 2.74. The highest BCUT2D eigenvalue weighted by atomic mass is 127. The molecule has 0 aliphatic heterocycles. The first-order valence-electron chi connectivity index (χ1n) is 8.28. The van der Waals surface area contributed by atoms with Crippen molar-refractivity contribution in [3.8, 4) is 0 Å². The summed E-state index contributed by atoms with van der Waals surface area (Å²) in [5, 5.41) is -0.00897. The Labute approximate surface area is 185 Å². The van der Waals surface area contributed by atoms with E-state index in [1.165, 1.54) is 24.3 Å². The van der Waals surface area contributed by atoms with E-state index in [1.807, 2.05) is 22.6 Å². The average molecular weight is 552 g/mol. The van der Waals surface area contributed by atoms with Gasteiger partial charge in [-0.2, -0.15) is 0 Å². The highest BCUT2D eigenvalue weighted by Crippen LogP contribution is 2.30. The van der Waals surface area contributed by atoms with Gasteiger partial charge in [0.1, 0.15) is 10.7 Å². The van der Waals surface area contributed by atoms with Gasteiger partial charge in [0.15, 0.2) is 11.6 Å². The molecule has 0 bridgehead atoms. The standard InChI is InChI=1S/C20H14ClF3INO2S/c1-11-2-7-19(15(21)8-11)29(27,28)26-18-6-5-16(22)20(24)14(18)9-12-3-4-13(25)10-17(12)23/h2-8,10,26H,9H2,1H3. The first kappa shape index (κ1) is 21.9. The molecule has 1 N–H and O–H groups in total. The average Bonchev–Trinajstić information content (AvgIpc) is 2.62. The summed E-state index contributed by atoms with van der Waals surface area (Å²) in [4.78, 5) is -0.208. The molecule has 0 radical (unpaired) electrons. The monoisotopic (exact) mass is 551 g/mol. The van der Waals surface area contributed by atoms with Crippen LogP contribution >= 0.6 is 34.2 Å². The summed E-state index contributed by atoms with van der Waals surface area (Å²) in [6.07, 6.45) is -0.341. The molecule has 3 nitrogen and oxygen atoms in total. The third-order valence-electron chi connectivity index (χ3n) is 4.20. The summed E-state index contributed by atoms with van der Waals surface area (Å²) in [5.74, 6) is -3.02. The lowest BCUT2D eigenvalue weighted by Crippen LogP contribution is -2.16. The molecule has 0 aliphatic carbocycles. The minimum absolute atomic E-state index is 0.00897. The molecule has 0 amide bonds. The Balaban J connectivity index is 2.05. The Morgan fingerprint density at radius 3 is 2.38 bits per heavy atom. The SMILES string of the molecule is Cc1ccc(S(=O)(=O)Nc2ccc(F)c(F)c2Cc2ccc(I)cc2F)c(Cl)c1. The number of benzene rings is 3. The van der Waals surface area contributed by atoms with Crippen molar-refractivity contribution in [3.63, 3.8) is 0 Å². The molecule has 0 spiro atoms. The molecule has 0 saturated carbocycles. The van der Waals surface area contributed by atoms with Gasteiger partial charge in [-0.3, -0.25) is 4.72 Å². The highest BCUT2D eigenvalue weighted by molar-refractivity contribution is 14.1. The second-order valence-electron chi connectivity index (χ2n) is 6.34. The molecule has 0 fully saturated rings. The third-order valence-corrected chi connectivity index (χ3v) is 6.72. The minimum atomic E-state index is -4.19. The van der Waals surface area contributed by atoms with Crippen LogP contribution in [0.15, 0.2) is 53.4 Å². The Morgan fingerprint density at radius 1 is 1.00 bits per heavy atom. The van der Waals surface area contributed by atoms with Gasteiger partial charge in [0.05, 0.1) is 10.7 Å². The van der Waals surface area contributed by atoms with Gasteiger partial charge >= 0.3 is 0 Å². The van der Waals surface area contributed by atoms with Crippen LogP contribution in [0.4, 0.5) is 18.9 Å². The van der Waals surface area contributed by atoms with E-state index in [0.717, 1.165) is 17.7 Å². The van der Waals surface area contributed by atoms with Crippen LogP contribution in [0, 0.1) is 27.9 Å². The molecule has 29 heavy (non-hydrogen) atoms. The minimum Gasteiger partial charge on any atom is -0.279 e. The van der Waals surface area contributed by atoms with E-state index in [1.54, 1.807) is 19.1 Å². The number of sulfonamides is 1. The molecule has 0 atom stereocenters. The fourth-order valence-corrected chi connectivity index (χ4v) is 4.89. The van der Waals surface area contributed by atoms with Crippen molar-refractivity contribution in [2.24, 2.45) is 0 Å². The molecule has 3 rings (SSSR count). The Bertz CT molecular complexity index is 1200. The van der Waals surface area contributed by atoms with Crippen LogP contribution in [-0.2, 0) is 16.4 Å². The van der Waals surface area contributed by atoms with Crippen molar-refractivity contribution in [1.29, 1.82) is 0 Å². The number of hydrogen-bond acceptors (Lipinski definition) is 2. The van der Waals surface area contributed by atoms with Crippen molar-refractivity contribution in [1.82, 2.24) is 0 Å². The lowest BCUT2D eigenvalue weighted by molar-refractivity contribution is 0.500. The summed E-state index contributed by atoms with van der Waals surface area (Å²) in [5.41, 5.74) is 0.357.